The van der Waals surface area contributed by atoms with Gasteiger partial charge < -0.3 is 14.7 Å². The number of carbonyl (C=O) groups is 1. The molecule has 3 rings (SSSR count). The molecule has 122 valence electrons. The van der Waals surface area contributed by atoms with Crippen LogP contribution in [0.25, 0.3) is 11.5 Å². The van der Waals surface area contributed by atoms with Crippen LogP contribution < -0.4 is 11.0 Å². The lowest BCUT2D eigenvalue weighted by atomic mass is 10.1. The van der Waals surface area contributed by atoms with Crippen molar-refractivity contribution in [2.24, 2.45) is 0 Å². The minimum absolute atomic E-state index is 0.0382. The number of furan rings is 1. The second kappa shape index (κ2) is 7.14. The Morgan fingerprint density at radius 3 is 2.88 bits per heavy atom. The molecule has 0 atom stereocenters. The molecule has 7 heteroatoms. The quantitative estimate of drug-likeness (QED) is 0.745. The zero-order chi connectivity index (χ0) is 16.9. The molecule has 6 nitrogen and oxygen atoms in total. The van der Waals surface area contributed by atoms with E-state index < -0.39 is 11.6 Å². The summed E-state index contributed by atoms with van der Waals surface area (Å²) in [5, 5.41) is 3.39. The van der Waals surface area contributed by atoms with Crippen molar-refractivity contribution < 1.29 is 9.21 Å². The first-order valence-electron chi connectivity index (χ1n) is 7.30. The van der Waals surface area contributed by atoms with Gasteiger partial charge in [-0.15, -0.1) is 0 Å². The molecule has 0 saturated carbocycles. The highest BCUT2D eigenvalue weighted by Gasteiger charge is 2.12. The number of aromatic amines is 1. The molecule has 3 aromatic rings. The number of hydrogen-bond acceptors (Lipinski definition) is 4. The second-order valence-corrected chi connectivity index (χ2v) is 5.53. The summed E-state index contributed by atoms with van der Waals surface area (Å²) >= 11 is 5.92. The Morgan fingerprint density at radius 1 is 1.25 bits per heavy atom. The monoisotopic (exact) mass is 343 g/mol. The van der Waals surface area contributed by atoms with Gasteiger partial charge in [0.15, 0.2) is 0 Å². The van der Waals surface area contributed by atoms with Crippen LogP contribution in [0.5, 0.6) is 0 Å². The van der Waals surface area contributed by atoms with Gasteiger partial charge in [0.05, 0.1) is 12.0 Å². The Hall–Kier alpha value is -2.86. The standard InChI is InChI=1S/C17H14ClN3O3/c18-12-4-1-3-11(9-12)6-7-19-16(22)14-10-13(20-17(23)21-14)15-5-2-8-24-15/h1-5,8-10H,6-7H2,(H,19,22)(H,20,21,23). The number of halogens is 1. The molecule has 2 aromatic heterocycles. The number of nitrogens with zero attached hydrogens (tertiary/aromatic N) is 1. The third-order valence-corrected chi connectivity index (χ3v) is 3.59. The minimum Gasteiger partial charge on any atom is -0.463 e. The van der Waals surface area contributed by atoms with E-state index in [9.17, 15) is 9.59 Å². The molecule has 0 aliphatic heterocycles. The van der Waals surface area contributed by atoms with Crippen molar-refractivity contribution in [1.82, 2.24) is 15.3 Å². The first-order valence-corrected chi connectivity index (χ1v) is 7.67. The smallest absolute Gasteiger partial charge is 0.346 e. The molecule has 1 amide bonds. The van der Waals surface area contributed by atoms with Crippen LogP contribution in [0.1, 0.15) is 16.1 Å². The van der Waals surface area contributed by atoms with Gasteiger partial charge in [-0.1, -0.05) is 23.7 Å². The summed E-state index contributed by atoms with van der Waals surface area (Å²) in [4.78, 5) is 30.1. The van der Waals surface area contributed by atoms with Gasteiger partial charge in [-0.05, 0) is 42.3 Å². The fourth-order valence-electron chi connectivity index (χ4n) is 2.24. The van der Waals surface area contributed by atoms with Crippen molar-refractivity contribution >= 4 is 17.5 Å². The van der Waals surface area contributed by atoms with Crippen molar-refractivity contribution in [2.45, 2.75) is 6.42 Å². The maximum absolute atomic E-state index is 12.2. The summed E-state index contributed by atoms with van der Waals surface area (Å²) < 4.78 is 5.22. The van der Waals surface area contributed by atoms with E-state index in [-0.39, 0.29) is 5.69 Å². The Balaban J connectivity index is 1.68. The number of rotatable bonds is 5. The predicted molar refractivity (Wildman–Crippen MR) is 90.0 cm³/mol. The Bertz CT molecular complexity index is 903. The van der Waals surface area contributed by atoms with Gasteiger partial charge in [0.2, 0.25) is 0 Å². The number of aromatic nitrogens is 2. The Labute approximate surface area is 142 Å². The maximum Gasteiger partial charge on any atom is 0.346 e. The molecule has 0 unspecified atom stereocenters. The van der Waals surface area contributed by atoms with Crippen LogP contribution in [0.15, 0.2) is 57.9 Å². The van der Waals surface area contributed by atoms with E-state index in [4.69, 9.17) is 16.0 Å². The van der Waals surface area contributed by atoms with Crippen LogP contribution in [0, 0.1) is 0 Å². The largest absolute Gasteiger partial charge is 0.463 e. The van der Waals surface area contributed by atoms with Crippen molar-refractivity contribution in [2.75, 3.05) is 6.54 Å². The van der Waals surface area contributed by atoms with Crippen molar-refractivity contribution in [3.05, 3.63) is 75.5 Å². The third-order valence-electron chi connectivity index (χ3n) is 3.35. The molecule has 0 fully saturated rings. The SMILES string of the molecule is O=C(NCCc1cccc(Cl)c1)c1cc(-c2ccco2)[nH]c(=O)n1. The van der Waals surface area contributed by atoms with Crippen molar-refractivity contribution in [3.63, 3.8) is 0 Å². The fraction of sp³-hybridized carbons (Fsp3) is 0.118. The molecule has 0 bridgehead atoms. The topological polar surface area (TPSA) is 88.0 Å². The molecule has 0 aliphatic rings. The number of benzene rings is 1. The highest BCUT2D eigenvalue weighted by atomic mass is 35.5. The zero-order valence-corrected chi connectivity index (χ0v) is 13.3. The fourth-order valence-corrected chi connectivity index (χ4v) is 2.45. The highest BCUT2D eigenvalue weighted by molar-refractivity contribution is 6.30. The summed E-state index contributed by atoms with van der Waals surface area (Å²) in [6.07, 6.45) is 2.11. The van der Waals surface area contributed by atoms with Crippen LogP contribution in [-0.2, 0) is 6.42 Å². The van der Waals surface area contributed by atoms with Crippen molar-refractivity contribution in [1.29, 1.82) is 0 Å². The average Bonchev–Trinajstić information content (AvgIpc) is 3.09. The average molecular weight is 344 g/mol. The van der Waals surface area contributed by atoms with E-state index in [2.05, 4.69) is 15.3 Å². The van der Waals surface area contributed by atoms with E-state index in [1.807, 2.05) is 18.2 Å². The Morgan fingerprint density at radius 2 is 2.12 bits per heavy atom. The van der Waals surface area contributed by atoms with Crippen LogP contribution in [0.2, 0.25) is 5.02 Å². The number of carbonyl (C=O) groups excluding carboxylic acids is 1. The van der Waals surface area contributed by atoms with Gasteiger partial charge in [-0.2, -0.15) is 4.98 Å². The molecule has 1 aromatic carbocycles. The zero-order valence-electron chi connectivity index (χ0n) is 12.6. The van der Waals surface area contributed by atoms with Gasteiger partial charge in [0.1, 0.15) is 11.5 Å². The number of amides is 1. The molecule has 0 saturated heterocycles. The van der Waals surface area contributed by atoms with E-state index >= 15 is 0 Å². The first kappa shape index (κ1) is 16.0. The van der Waals surface area contributed by atoms with Crippen LogP contribution >= 0.6 is 11.6 Å². The maximum atomic E-state index is 12.2. The number of hydrogen-bond donors (Lipinski definition) is 2. The summed E-state index contributed by atoms with van der Waals surface area (Å²) in [7, 11) is 0. The minimum atomic E-state index is -0.608. The third kappa shape index (κ3) is 3.91. The van der Waals surface area contributed by atoms with Gasteiger partial charge in [-0.3, -0.25) is 4.79 Å². The molecular formula is C17H14ClN3O3. The van der Waals surface area contributed by atoms with Crippen LogP contribution in [-0.4, -0.2) is 22.4 Å². The second-order valence-electron chi connectivity index (χ2n) is 5.10. The van der Waals surface area contributed by atoms with Gasteiger partial charge in [-0.25, -0.2) is 4.79 Å². The molecule has 0 radical (unpaired) electrons. The molecule has 2 N–H and O–H groups in total. The summed E-state index contributed by atoms with van der Waals surface area (Å²) in [6.45, 7) is 0.406. The molecule has 0 aliphatic carbocycles. The van der Waals surface area contributed by atoms with E-state index in [1.54, 1.807) is 18.2 Å². The molecule has 0 spiro atoms. The number of H-pyrrole nitrogens is 1. The van der Waals surface area contributed by atoms with Gasteiger partial charge in [0.25, 0.3) is 5.91 Å². The van der Waals surface area contributed by atoms with E-state index in [0.29, 0.717) is 29.4 Å². The normalized spacial score (nSPS) is 10.5. The van der Waals surface area contributed by atoms with Crippen LogP contribution in [0.4, 0.5) is 0 Å². The molecule has 24 heavy (non-hydrogen) atoms. The van der Waals surface area contributed by atoms with Gasteiger partial charge >= 0.3 is 5.69 Å². The first-order chi connectivity index (χ1) is 11.6. The summed E-state index contributed by atoms with van der Waals surface area (Å²) in [5.74, 6) is 0.0402. The molecule has 2 heterocycles. The summed E-state index contributed by atoms with van der Waals surface area (Å²) in [6, 6.07) is 12.3. The lowest BCUT2D eigenvalue weighted by Crippen LogP contribution is -2.29. The van der Waals surface area contributed by atoms with Crippen molar-refractivity contribution in [3.8, 4) is 11.5 Å². The van der Waals surface area contributed by atoms with Gasteiger partial charge in [0, 0.05) is 11.6 Å². The van der Waals surface area contributed by atoms with Crippen LogP contribution in [0.3, 0.4) is 0 Å². The van der Waals surface area contributed by atoms with E-state index in [1.165, 1.54) is 12.3 Å². The van der Waals surface area contributed by atoms with E-state index in [0.717, 1.165) is 5.56 Å². The Kier molecular flexibility index (Phi) is 4.77. The predicted octanol–water partition coefficient (Wildman–Crippen LogP) is 2.66. The highest BCUT2D eigenvalue weighted by Crippen LogP contribution is 2.16. The number of nitrogens with one attached hydrogen (secondary N) is 2. The lowest BCUT2D eigenvalue weighted by Gasteiger charge is -2.06. The lowest BCUT2D eigenvalue weighted by molar-refractivity contribution is 0.0948. The summed E-state index contributed by atoms with van der Waals surface area (Å²) in [5.41, 5.74) is 0.845. The molecular weight excluding hydrogens is 330 g/mol.